The second kappa shape index (κ2) is 5.74. The number of hydrogen-bond donors (Lipinski definition) is 2. The number of rotatable bonds is 4. The van der Waals surface area contributed by atoms with Gasteiger partial charge in [-0.15, -0.1) is 0 Å². The molecule has 20 heavy (non-hydrogen) atoms. The first kappa shape index (κ1) is 13.9. The molecule has 1 heterocycles. The maximum absolute atomic E-state index is 12.3. The molecule has 0 radical (unpaired) electrons. The second-order valence-electron chi connectivity index (χ2n) is 6.05. The highest BCUT2D eigenvalue weighted by Crippen LogP contribution is 2.41. The average molecular weight is 293 g/mol. The minimum Gasteiger partial charge on any atom is -0.347 e. The van der Waals surface area contributed by atoms with Crippen LogP contribution in [0.25, 0.3) is 0 Å². The van der Waals surface area contributed by atoms with Crippen LogP contribution < -0.4 is 10.6 Å². The Morgan fingerprint density at radius 1 is 1.35 bits per heavy atom. The van der Waals surface area contributed by atoms with E-state index < -0.39 is 0 Å². The zero-order valence-electron chi connectivity index (χ0n) is 11.6. The molecular formula is C16H21ClN2O. The minimum absolute atomic E-state index is 0.145. The highest BCUT2D eigenvalue weighted by atomic mass is 35.5. The molecule has 0 bridgehead atoms. The summed E-state index contributed by atoms with van der Waals surface area (Å²) in [6.45, 7) is 2.02. The second-order valence-corrected chi connectivity index (χ2v) is 6.49. The van der Waals surface area contributed by atoms with E-state index in [9.17, 15) is 4.79 Å². The van der Waals surface area contributed by atoms with E-state index in [1.807, 2.05) is 24.3 Å². The Labute approximate surface area is 125 Å². The molecule has 1 atom stereocenters. The molecule has 0 aromatic heterocycles. The highest BCUT2D eigenvalue weighted by Gasteiger charge is 2.40. The number of halogens is 1. The van der Waals surface area contributed by atoms with Crippen molar-refractivity contribution in [2.45, 2.75) is 37.6 Å². The number of amides is 1. The van der Waals surface area contributed by atoms with Crippen molar-refractivity contribution in [2.24, 2.45) is 5.92 Å². The number of nitrogens with one attached hydrogen (secondary N) is 2. The molecule has 1 aliphatic heterocycles. The number of benzene rings is 1. The van der Waals surface area contributed by atoms with Gasteiger partial charge in [-0.3, -0.25) is 4.79 Å². The Morgan fingerprint density at radius 3 is 2.65 bits per heavy atom. The Balaban J connectivity index is 1.66. The van der Waals surface area contributed by atoms with E-state index in [0.717, 1.165) is 37.4 Å². The van der Waals surface area contributed by atoms with E-state index in [0.29, 0.717) is 12.3 Å². The molecule has 0 spiro atoms. The van der Waals surface area contributed by atoms with Crippen LogP contribution in [0.2, 0.25) is 5.02 Å². The molecule has 1 aromatic carbocycles. The van der Waals surface area contributed by atoms with Gasteiger partial charge in [0.05, 0.1) is 5.54 Å². The van der Waals surface area contributed by atoms with Crippen LogP contribution in [-0.2, 0) is 10.3 Å². The third kappa shape index (κ3) is 2.84. The lowest BCUT2D eigenvalue weighted by Gasteiger charge is -2.43. The van der Waals surface area contributed by atoms with Gasteiger partial charge in [-0.1, -0.05) is 23.7 Å². The maximum atomic E-state index is 12.3. The first-order valence-corrected chi connectivity index (χ1v) is 7.83. The molecule has 0 unspecified atom stereocenters. The summed E-state index contributed by atoms with van der Waals surface area (Å²) in [7, 11) is 0. The van der Waals surface area contributed by atoms with Gasteiger partial charge in [0.2, 0.25) is 5.91 Å². The molecule has 1 amide bonds. The van der Waals surface area contributed by atoms with E-state index in [1.165, 1.54) is 12.0 Å². The number of hydrogen-bond acceptors (Lipinski definition) is 2. The van der Waals surface area contributed by atoms with E-state index >= 15 is 0 Å². The number of carbonyl (C=O) groups is 1. The molecule has 4 heteroatoms. The van der Waals surface area contributed by atoms with Crippen molar-refractivity contribution >= 4 is 17.5 Å². The Hall–Kier alpha value is -1.06. The molecule has 3 nitrogen and oxygen atoms in total. The standard InChI is InChI=1S/C16H21ClN2O/c17-14-4-2-13(3-5-14)16(7-1-8-16)19-15(20)10-12-6-9-18-11-12/h2-5,12,18H,1,6-11H2,(H,19,20)/t12-/m1/s1. The van der Waals surface area contributed by atoms with Crippen molar-refractivity contribution in [3.8, 4) is 0 Å². The van der Waals surface area contributed by atoms with Crippen LogP contribution in [0.1, 0.15) is 37.7 Å². The average Bonchev–Trinajstić information content (AvgIpc) is 2.88. The highest BCUT2D eigenvalue weighted by molar-refractivity contribution is 6.30. The SMILES string of the molecule is O=C(C[C@H]1CCNC1)NC1(c2ccc(Cl)cc2)CCC1. The molecular weight excluding hydrogens is 272 g/mol. The van der Waals surface area contributed by atoms with Gasteiger partial charge in [-0.2, -0.15) is 0 Å². The van der Waals surface area contributed by atoms with Crippen molar-refractivity contribution in [1.29, 1.82) is 0 Å². The van der Waals surface area contributed by atoms with Gasteiger partial charge < -0.3 is 10.6 Å². The van der Waals surface area contributed by atoms with Crippen molar-refractivity contribution in [3.05, 3.63) is 34.9 Å². The molecule has 1 aromatic rings. The van der Waals surface area contributed by atoms with Gasteiger partial charge in [0, 0.05) is 11.4 Å². The van der Waals surface area contributed by atoms with Crippen LogP contribution in [0.15, 0.2) is 24.3 Å². The van der Waals surface area contributed by atoms with Gasteiger partial charge in [0.15, 0.2) is 0 Å². The third-order valence-corrected chi connectivity index (χ3v) is 4.87. The van der Waals surface area contributed by atoms with E-state index in [-0.39, 0.29) is 11.4 Å². The fourth-order valence-electron chi connectivity index (χ4n) is 3.25. The molecule has 3 rings (SSSR count). The Bertz CT molecular complexity index is 476. The normalized spacial score (nSPS) is 24.1. The van der Waals surface area contributed by atoms with Crippen molar-refractivity contribution in [3.63, 3.8) is 0 Å². The van der Waals surface area contributed by atoms with Crippen LogP contribution in [0, 0.1) is 5.92 Å². The lowest BCUT2D eigenvalue weighted by molar-refractivity contribution is -0.125. The summed E-state index contributed by atoms with van der Waals surface area (Å²) in [6, 6.07) is 7.89. The van der Waals surface area contributed by atoms with Gasteiger partial charge in [0.1, 0.15) is 0 Å². The van der Waals surface area contributed by atoms with Crippen molar-refractivity contribution < 1.29 is 4.79 Å². The van der Waals surface area contributed by atoms with Crippen LogP contribution >= 0.6 is 11.6 Å². The fraction of sp³-hybridized carbons (Fsp3) is 0.562. The summed E-state index contributed by atoms with van der Waals surface area (Å²) in [5, 5.41) is 7.34. The zero-order chi connectivity index (χ0) is 14.0. The first-order valence-electron chi connectivity index (χ1n) is 7.46. The van der Waals surface area contributed by atoms with E-state index in [1.54, 1.807) is 0 Å². The monoisotopic (exact) mass is 292 g/mol. The van der Waals surface area contributed by atoms with Crippen LogP contribution in [0.4, 0.5) is 0 Å². The van der Waals surface area contributed by atoms with Crippen LogP contribution in [-0.4, -0.2) is 19.0 Å². The summed E-state index contributed by atoms with van der Waals surface area (Å²) in [5.41, 5.74) is 1.04. The molecule has 2 N–H and O–H groups in total. The molecule has 2 fully saturated rings. The maximum Gasteiger partial charge on any atom is 0.221 e. The third-order valence-electron chi connectivity index (χ3n) is 4.62. The minimum atomic E-state index is -0.145. The van der Waals surface area contributed by atoms with Gasteiger partial charge >= 0.3 is 0 Å². The summed E-state index contributed by atoms with van der Waals surface area (Å²) >= 11 is 5.95. The van der Waals surface area contributed by atoms with Crippen molar-refractivity contribution in [1.82, 2.24) is 10.6 Å². The number of carbonyl (C=O) groups excluding carboxylic acids is 1. The van der Waals surface area contributed by atoms with Crippen LogP contribution in [0.5, 0.6) is 0 Å². The lowest BCUT2D eigenvalue weighted by atomic mass is 9.71. The predicted octanol–water partition coefficient (Wildman–Crippen LogP) is 2.84. The molecule has 108 valence electrons. The molecule has 1 saturated heterocycles. The molecule has 1 aliphatic carbocycles. The fourth-order valence-corrected chi connectivity index (χ4v) is 3.38. The quantitative estimate of drug-likeness (QED) is 0.896. The van der Waals surface area contributed by atoms with Crippen molar-refractivity contribution in [2.75, 3.05) is 13.1 Å². The lowest BCUT2D eigenvalue weighted by Crippen LogP contribution is -2.51. The predicted molar refractivity (Wildman–Crippen MR) is 80.7 cm³/mol. The zero-order valence-corrected chi connectivity index (χ0v) is 12.4. The summed E-state index contributed by atoms with van der Waals surface area (Å²) in [5.74, 6) is 0.686. The van der Waals surface area contributed by atoms with E-state index in [4.69, 9.17) is 11.6 Å². The molecule has 2 aliphatic rings. The smallest absolute Gasteiger partial charge is 0.221 e. The summed E-state index contributed by atoms with van der Waals surface area (Å²) in [4.78, 5) is 12.3. The van der Waals surface area contributed by atoms with Gasteiger partial charge in [0.25, 0.3) is 0 Å². The first-order chi connectivity index (χ1) is 9.68. The topological polar surface area (TPSA) is 41.1 Å². The van der Waals surface area contributed by atoms with E-state index in [2.05, 4.69) is 10.6 Å². The largest absolute Gasteiger partial charge is 0.347 e. The van der Waals surface area contributed by atoms with Gasteiger partial charge in [-0.05, 0) is 62.4 Å². The van der Waals surface area contributed by atoms with Crippen LogP contribution in [0.3, 0.4) is 0 Å². The Morgan fingerprint density at radius 2 is 2.10 bits per heavy atom. The summed E-state index contributed by atoms with van der Waals surface area (Å²) < 4.78 is 0. The Kier molecular flexibility index (Phi) is 3.99. The summed E-state index contributed by atoms with van der Waals surface area (Å²) in [6.07, 6.45) is 4.99. The van der Waals surface area contributed by atoms with Gasteiger partial charge in [-0.25, -0.2) is 0 Å². The molecule has 1 saturated carbocycles.